The Kier molecular flexibility index (Phi) is 5.48. The van der Waals surface area contributed by atoms with Crippen molar-refractivity contribution in [1.82, 2.24) is 20.9 Å². The molecule has 1 aliphatic rings. The van der Waals surface area contributed by atoms with Crippen LogP contribution in [0.2, 0.25) is 0 Å². The minimum absolute atomic E-state index is 0.111. The number of nitrogens with zero attached hydrogens (tertiary/aromatic N) is 1. The van der Waals surface area contributed by atoms with Gasteiger partial charge in [0.05, 0.1) is 10.7 Å². The molecule has 1 atom stereocenters. The fourth-order valence-corrected chi connectivity index (χ4v) is 3.12. The predicted octanol–water partition coefficient (Wildman–Crippen LogP) is 0.797. The molecule has 1 saturated heterocycles. The predicted molar refractivity (Wildman–Crippen MR) is 82.6 cm³/mol. The van der Waals surface area contributed by atoms with Crippen LogP contribution in [0.15, 0.2) is 0 Å². The molecule has 1 aliphatic heterocycles. The Labute approximate surface area is 132 Å². The van der Waals surface area contributed by atoms with E-state index in [-0.39, 0.29) is 18.2 Å². The topological polar surface area (TPSA) is 100 Å². The number of carbonyl (C=O) groups excluding carboxylic acids is 3. The molecule has 22 heavy (non-hydrogen) atoms. The van der Waals surface area contributed by atoms with Crippen molar-refractivity contribution in [3.8, 4) is 0 Å². The van der Waals surface area contributed by atoms with E-state index in [2.05, 4.69) is 27.9 Å². The molecule has 0 unspecified atom stereocenters. The van der Waals surface area contributed by atoms with E-state index >= 15 is 0 Å². The molecule has 0 saturated carbocycles. The number of thiazole rings is 1. The average molecular weight is 324 g/mol. The first-order valence-corrected chi connectivity index (χ1v) is 8.08. The van der Waals surface area contributed by atoms with Gasteiger partial charge in [-0.05, 0) is 26.7 Å². The molecular weight excluding hydrogens is 304 g/mol. The summed E-state index contributed by atoms with van der Waals surface area (Å²) in [7, 11) is 0. The van der Waals surface area contributed by atoms with E-state index in [1.165, 1.54) is 4.88 Å². The number of imide groups is 1. The zero-order chi connectivity index (χ0) is 16.1. The van der Waals surface area contributed by atoms with Gasteiger partial charge in [0, 0.05) is 24.3 Å². The van der Waals surface area contributed by atoms with E-state index in [0.29, 0.717) is 13.0 Å². The second-order valence-corrected chi connectivity index (χ2v) is 6.54. The number of nitrogens with one attached hydrogen (secondary N) is 3. The lowest BCUT2D eigenvalue weighted by Crippen LogP contribution is -2.32. The molecule has 0 spiro atoms. The van der Waals surface area contributed by atoms with E-state index in [0.717, 1.165) is 23.5 Å². The van der Waals surface area contributed by atoms with Crippen LogP contribution < -0.4 is 16.0 Å². The minimum atomic E-state index is -0.598. The van der Waals surface area contributed by atoms with Crippen LogP contribution in [0.3, 0.4) is 0 Å². The first kappa shape index (κ1) is 16.4. The summed E-state index contributed by atoms with van der Waals surface area (Å²) in [5.74, 6) is -0.479. The van der Waals surface area contributed by atoms with Crippen LogP contribution in [0.25, 0.3) is 0 Å². The van der Waals surface area contributed by atoms with E-state index in [1.54, 1.807) is 11.3 Å². The lowest BCUT2D eigenvalue weighted by atomic mass is 10.1. The maximum Gasteiger partial charge on any atom is 0.322 e. The van der Waals surface area contributed by atoms with Gasteiger partial charge in [-0.15, -0.1) is 11.3 Å². The van der Waals surface area contributed by atoms with E-state index in [1.807, 2.05) is 6.92 Å². The highest BCUT2D eigenvalue weighted by Crippen LogP contribution is 2.17. The largest absolute Gasteiger partial charge is 0.356 e. The smallest absolute Gasteiger partial charge is 0.322 e. The summed E-state index contributed by atoms with van der Waals surface area (Å²) in [6.45, 7) is 4.63. The SMILES string of the molecule is Cc1nc(CCCNC(=O)CC[C@H]2NC(=O)NC2=O)sc1C. The van der Waals surface area contributed by atoms with Gasteiger partial charge in [0.25, 0.3) is 5.91 Å². The summed E-state index contributed by atoms with van der Waals surface area (Å²) in [6, 6.07) is -1.09. The Bertz CT molecular complexity index is 565. The molecule has 1 fully saturated rings. The molecule has 0 radical (unpaired) electrons. The highest BCUT2D eigenvalue weighted by atomic mass is 32.1. The molecule has 120 valence electrons. The Morgan fingerprint density at radius 3 is 2.73 bits per heavy atom. The highest BCUT2D eigenvalue weighted by molar-refractivity contribution is 7.11. The Morgan fingerprint density at radius 2 is 2.14 bits per heavy atom. The van der Waals surface area contributed by atoms with Crippen LogP contribution in [0.1, 0.15) is 34.8 Å². The van der Waals surface area contributed by atoms with Crippen LogP contribution in [0, 0.1) is 13.8 Å². The quantitative estimate of drug-likeness (QED) is 0.510. The van der Waals surface area contributed by atoms with Gasteiger partial charge in [-0.2, -0.15) is 0 Å². The number of urea groups is 1. The van der Waals surface area contributed by atoms with Crippen molar-refractivity contribution in [1.29, 1.82) is 0 Å². The number of rotatable bonds is 7. The average Bonchev–Trinajstić information content (AvgIpc) is 2.95. The molecular formula is C14H20N4O3S. The molecule has 0 bridgehead atoms. The number of hydrogen-bond donors (Lipinski definition) is 3. The molecule has 7 nitrogen and oxygen atoms in total. The van der Waals surface area contributed by atoms with Crippen molar-refractivity contribution < 1.29 is 14.4 Å². The Morgan fingerprint density at radius 1 is 1.36 bits per heavy atom. The first-order chi connectivity index (χ1) is 10.5. The first-order valence-electron chi connectivity index (χ1n) is 7.26. The van der Waals surface area contributed by atoms with Crippen molar-refractivity contribution >= 4 is 29.2 Å². The minimum Gasteiger partial charge on any atom is -0.356 e. The number of carbonyl (C=O) groups is 3. The molecule has 3 N–H and O–H groups in total. The van der Waals surface area contributed by atoms with Crippen LogP contribution in [0.5, 0.6) is 0 Å². The summed E-state index contributed by atoms with van der Waals surface area (Å²) in [4.78, 5) is 39.6. The summed E-state index contributed by atoms with van der Waals surface area (Å²) in [6.07, 6.45) is 2.21. The fraction of sp³-hybridized carbons (Fsp3) is 0.571. The van der Waals surface area contributed by atoms with E-state index in [9.17, 15) is 14.4 Å². The maximum absolute atomic E-state index is 11.7. The summed E-state index contributed by atoms with van der Waals surface area (Å²) >= 11 is 1.69. The van der Waals surface area contributed by atoms with Crippen LogP contribution in [0.4, 0.5) is 4.79 Å². The molecule has 0 aromatic carbocycles. The highest BCUT2D eigenvalue weighted by Gasteiger charge is 2.29. The van der Waals surface area contributed by atoms with Crippen LogP contribution in [-0.2, 0) is 16.0 Å². The molecule has 0 aliphatic carbocycles. The second-order valence-electron chi connectivity index (χ2n) is 5.26. The lowest BCUT2D eigenvalue weighted by molar-refractivity contribution is -0.122. The third-order valence-corrected chi connectivity index (χ3v) is 4.61. The molecule has 1 aromatic heterocycles. The zero-order valence-electron chi connectivity index (χ0n) is 12.7. The van der Waals surface area contributed by atoms with Gasteiger partial charge in [0.1, 0.15) is 6.04 Å². The summed E-state index contributed by atoms with van der Waals surface area (Å²) in [5.41, 5.74) is 1.07. The third-order valence-electron chi connectivity index (χ3n) is 3.48. The number of aryl methyl sites for hydroxylation is 3. The van der Waals surface area contributed by atoms with Gasteiger partial charge in [-0.25, -0.2) is 9.78 Å². The van der Waals surface area contributed by atoms with Gasteiger partial charge >= 0.3 is 6.03 Å². The normalized spacial score (nSPS) is 17.3. The Hall–Kier alpha value is -1.96. The van der Waals surface area contributed by atoms with Crippen molar-refractivity contribution in [3.05, 3.63) is 15.6 Å². The van der Waals surface area contributed by atoms with E-state index in [4.69, 9.17) is 0 Å². The molecule has 8 heteroatoms. The van der Waals surface area contributed by atoms with Gasteiger partial charge < -0.3 is 10.6 Å². The van der Waals surface area contributed by atoms with Crippen LogP contribution in [-0.4, -0.2) is 35.4 Å². The summed E-state index contributed by atoms with van der Waals surface area (Å²) < 4.78 is 0. The Balaban J connectivity index is 1.60. The molecule has 2 heterocycles. The van der Waals surface area contributed by atoms with Gasteiger partial charge in [-0.1, -0.05) is 0 Å². The zero-order valence-corrected chi connectivity index (χ0v) is 13.5. The van der Waals surface area contributed by atoms with Gasteiger partial charge in [0.15, 0.2) is 0 Å². The monoisotopic (exact) mass is 324 g/mol. The number of amides is 4. The third kappa shape index (κ3) is 4.52. The lowest BCUT2D eigenvalue weighted by Gasteiger charge is -2.07. The van der Waals surface area contributed by atoms with Crippen molar-refractivity contribution in [2.24, 2.45) is 0 Å². The molecule has 1 aromatic rings. The van der Waals surface area contributed by atoms with E-state index < -0.39 is 12.1 Å². The van der Waals surface area contributed by atoms with Crippen molar-refractivity contribution in [3.63, 3.8) is 0 Å². The van der Waals surface area contributed by atoms with Crippen LogP contribution >= 0.6 is 11.3 Å². The number of aromatic nitrogens is 1. The maximum atomic E-state index is 11.7. The van der Waals surface area contributed by atoms with Crippen molar-refractivity contribution in [2.75, 3.05) is 6.54 Å². The van der Waals surface area contributed by atoms with Gasteiger partial charge in [-0.3, -0.25) is 14.9 Å². The molecule has 4 amide bonds. The summed E-state index contributed by atoms with van der Waals surface area (Å²) in [5, 5.41) is 8.52. The number of hydrogen-bond acceptors (Lipinski definition) is 5. The second kappa shape index (κ2) is 7.35. The fourth-order valence-electron chi connectivity index (χ4n) is 2.14. The standard InChI is InChI=1S/C14H20N4O3S/c1-8-9(2)22-12(16-8)4-3-7-15-11(19)6-5-10-13(20)18-14(21)17-10/h10H,3-7H2,1-2H3,(H,15,19)(H2,17,18,20,21)/t10-/m1/s1. The molecule has 2 rings (SSSR count). The van der Waals surface area contributed by atoms with Gasteiger partial charge in [0.2, 0.25) is 5.91 Å². The van der Waals surface area contributed by atoms with Crippen molar-refractivity contribution in [2.45, 2.75) is 45.6 Å².